The third kappa shape index (κ3) is 2.45. The van der Waals surface area contributed by atoms with Crippen molar-refractivity contribution in [1.82, 2.24) is 9.80 Å². The molecule has 1 saturated heterocycles. The monoisotopic (exact) mass is 199 g/mol. The van der Waals surface area contributed by atoms with Crippen molar-refractivity contribution in [3.63, 3.8) is 0 Å². The van der Waals surface area contributed by atoms with E-state index in [9.17, 15) is 4.79 Å². The lowest BCUT2D eigenvalue weighted by Gasteiger charge is -2.47. The number of likely N-dealkylation sites (tertiary alicyclic amines) is 1. The Morgan fingerprint density at radius 1 is 1.50 bits per heavy atom. The fourth-order valence-corrected chi connectivity index (χ4v) is 1.67. The molecule has 1 aliphatic rings. The third-order valence-electron chi connectivity index (χ3n) is 3.04. The van der Waals surface area contributed by atoms with E-state index in [1.165, 1.54) is 0 Å². The Morgan fingerprint density at radius 3 is 2.50 bits per heavy atom. The maximum atomic E-state index is 11.5. The van der Waals surface area contributed by atoms with Gasteiger partial charge in [-0.15, -0.1) is 0 Å². The van der Waals surface area contributed by atoms with Crippen LogP contribution < -0.4 is 5.73 Å². The van der Waals surface area contributed by atoms with E-state index in [-0.39, 0.29) is 11.4 Å². The van der Waals surface area contributed by atoms with Crippen molar-refractivity contribution in [1.29, 1.82) is 0 Å². The normalized spacial score (nSPS) is 20.3. The minimum atomic E-state index is -0.0366. The number of hydrogen-bond acceptors (Lipinski definition) is 3. The first-order valence-electron chi connectivity index (χ1n) is 5.26. The Morgan fingerprint density at radius 2 is 2.07 bits per heavy atom. The molecule has 0 spiro atoms. The van der Waals surface area contributed by atoms with Crippen molar-refractivity contribution in [3.05, 3.63) is 0 Å². The second-order valence-electron chi connectivity index (χ2n) is 4.27. The Balaban J connectivity index is 2.26. The van der Waals surface area contributed by atoms with Gasteiger partial charge in [-0.25, -0.2) is 0 Å². The zero-order chi connectivity index (χ0) is 10.8. The molecule has 0 aliphatic carbocycles. The highest BCUT2D eigenvalue weighted by atomic mass is 16.2. The summed E-state index contributed by atoms with van der Waals surface area (Å²) < 4.78 is 0. The number of amides is 1. The predicted octanol–water partition coefficient (Wildman–Crippen LogP) is -0.112. The summed E-state index contributed by atoms with van der Waals surface area (Å²) in [5.41, 5.74) is 5.97. The van der Waals surface area contributed by atoms with Crippen LogP contribution in [0, 0.1) is 0 Å². The molecule has 2 N–H and O–H groups in total. The van der Waals surface area contributed by atoms with Gasteiger partial charge in [0.05, 0.1) is 6.54 Å². The standard InChI is InChI=1S/C10H21N3O/c1-4-10(11)7-13(8-10)6-9(14)12(3)5-2/h4-8,11H2,1-3H3. The van der Waals surface area contributed by atoms with Crippen molar-refractivity contribution in [3.8, 4) is 0 Å². The summed E-state index contributed by atoms with van der Waals surface area (Å²) in [6.45, 7) is 7.07. The van der Waals surface area contributed by atoms with Crippen LogP contribution in [0.2, 0.25) is 0 Å². The SMILES string of the molecule is CCN(C)C(=O)CN1CC(N)(CC)C1. The fraction of sp³-hybridized carbons (Fsp3) is 0.900. The van der Waals surface area contributed by atoms with Gasteiger partial charge in [-0.3, -0.25) is 9.69 Å². The van der Waals surface area contributed by atoms with Crippen LogP contribution in [-0.2, 0) is 4.79 Å². The van der Waals surface area contributed by atoms with Gasteiger partial charge in [-0.05, 0) is 13.3 Å². The quantitative estimate of drug-likeness (QED) is 0.687. The molecule has 4 heteroatoms. The molecular weight excluding hydrogens is 178 g/mol. The number of nitrogens with two attached hydrogens (primary N) is 1. The van der Waals surface area contributed by atoms with Crippen LogP contribution in [0.3, 0.4) is 0 Å². The first kappa shape index (κ1) is 11.5. The second-order valence-corrected chi connectivity index (χ2v) is 4.27. The van der Waals surface area contributed by atoms with Gasteiger partial charge in [0.2, 0.25) is 5.91 Å². The Bertz CT molecular complexity index is 211. The van der Waals surface area contributed by atoms with Gasteiger partial charge in [0.25, 0.3) is 0 Å². The fourth-order valence-electron chi connectivity index (χ4n) is 1.67. The van der Waals surface area contributed by atoms with Crippen molar-refractivity contribution < 1.29 is 4.79 Å². The molecule has 14 heavy (non-hydrogen) atoms. The largest absolute Gasteiger partial charge is 0.345 e. The summed E-state index contributed by atoms with van der Waals surface area (Å²) in [6.07, 6.45) is 0.987. The van der Waals surface area contributed by atoms with Crippen LogP contribution in [0.15, 0.2) is 0 Å². The average Bonchev–Trinajstić information content (AvgIpc) is 2.13. The van der Waals surface area contributed by atoms with E-state index < -0.39 is 0 Å². The van der Waals surface area contributed by atoms with Gasteiger partial charge in [0, 0.05) is 32.2 Å². The van der Waals surface area contributed by atoms with Gasteiger partial charge in [-0.1, -0.05) is 6.92 Å². The topological polar surface area (TPSA) is 49.6 Å². The molecule has 1 heterocycles. The molecule has 0 aromatic heterocycles. The third-order valence-corrected chi connectivity index (χ3v) is 3.04. The van der Waals surface area contributed by atoms with E-state index in [1.54, 1.807) is 4.90 Å². The molecule has 0 radical (unpaired) electrons. The van der Waals surface area contributed by atoms with Crippen LogP contribution in [0.4, 0.5) is 0 Å². The number of carbonyl (C=O) groups excluding carboxylic acids is 1. The van der Waals surface area contributed by atoms with Gasteiger partial charge >= 0.3 is 0 Å². The average molecular weight is 199 g/mol. The van der Waals surface area contributed by atoms with Crippen LogP contribution in [0.1, 0.15) is 20.3 Å². The molecule has 4 nitrogen and oxygen atoms in total. The number of rotatable bonds is 4. The number of carbonyl (C=O) groups is 1. The molecule has 1 rings (SSSR count). The molecule has 82 valence electrons. The number of likely N-dealkylation sites (N-methyl/N-ethyl adjacent to an activating group) is 1. The van der Waals surface area contributed by atoms with Gasteiger partial charge in [0.15, 0.2) is 0 Å². The first-order chi connectivity index (χ1) is 6.50. The lowest BCUT2D eigenvalue weighted by molar-refractivity contribution is -0.132. The Labute approximate surface area is 86.0 Å². The van der Waals surface area contributed by atoms with Crippen LogP contribution in [0.25, 0.3) is 0 Å². The number of nitrogens with zero attached hydrogens (tertiary/aromatic N) is 2. The first-order valence-corrected chi connectivity index (χ1v) is 5.26. The van der Waals surface area contributed by atoms with E-state index in [1.807, 2.05) is 14.0 Å². The van der Waals surface area contributed by atoms with Crippen LogP contribution in [-0.4, -0.2) is 54.5 Å². The maximum Gasteiger partial charge on any atom is 0.236 e. The van der Waals surface area contributed by atoms with E-state index in [2.05, 4.69) is 11.8 Å². The van der Waals surface area contributed by atoms with Crippen molar-refractivity contribution in [2.75, 3.05) is 33.2 Å². The molecule has 0 atom stereocenters. The van der Waals surface area contributed by atoms with Gasteiger partial charge in [-0.2, -0.15) is 0 Å². The molecule has 1 aliphatic heterocycles. The maximum absolute atomic E-state index is 11.5. The molecule has 1 amide bonds. The number of hydrogen-bond donors (Lipinski definition) is 1. The zero-order valence-electron chi connectivity index (χ0n) is 9.42. The van der Waals surface area contributed by atoms with Crippen LogP contribution in [0.5, 0.6) is 0 Å². The summed E-state index contributed by atoms with van der Waals surface area (Å²) in [5, 5.41) is 0. The van der Waals surface area contributed by atoms with Gasteiger partial charge in [0.1, 0.15) is 0 Å². The molecule has 0 bridgehead atoms. The van der Waals surface area contributed by atoms with Gasteiger partial charge < -0.3 is 10.6 Å². The lowest BCUT2D eigenvalue weighted by Crippen LogP contribution is -2.68. The molecular formula is C10H21N3O. The highest BCUT2D eigenvalue weighted by Gasteiger charge is 2.38. The van der Waals surface area contributed by atoms with E-state index in [0.717, 1.165) is 26.1 Å². The Kier molecular flexibility index (Phi) is 3.50. The minimum Gasteiger partial charge on any atom is -0.345 e. The summed E-state index contributed by atoms with van der Waals surface area (Å²) in [4.78, 5) is 15.4. The zero-order valence-corrected chi connectivity index (χ0v) is 9.42. The molecule has 0 aromatic carbocycles. The molecule has 0 aromatic rings. The van der Waals surface area contributed by atoms with E-state index in [0.29, 0.717) is 6.54 Å². The Hall–Kier alpha value is -0.610. The van der Waals surface area contributed by atoms with Crippen molar-refractivity contribution in [2.45, 2.75) is 25.8 Å². The summed E-state index contributed by atoms with van der Waals surface area (Å²) in [5.74, 6) is 0.186. The summed E-state index contributed by atoms with van der Waals surface area (Å²) in [6, 6.07) is 0. The van der Waals surface area contributed by atoms with Crippen LogP contribution >= 0.6 is 0 Å². The highest BCUT2D eigenvalue weighted by molar-refractivity contribution is 5.78. The second kappa shape index (κ2) is 4.28. The molecule has 1 fully saturated rings. The predicted molar refractivity (Wildman–Crippen MR) is 57.0 cm³/mol. The minimum absolute atomic E-state index is 0.0366. The lowest BCUT2D eigenvalue weighted by atomic mass is 9.88. The summed E-state index contributed by atoms with van der Waals surface area (Å²) >= 11 is 0. The smallest absolute Gasteiger partial charge is 0.236 e. The molecule has 0 saturated carbocycles. The van der Waals surface area contributed by atoms with Crippen molar-refractivity contribution in [2.24, 2.45) is 5.73 Å². The van der Waals surface area contributed by atoms with E-state index in [4.69, 9.17) is 5.73 Å². The van der Waals surface area contributed by atoms with E-state index >= 15 is 0 Å². The van der Waals surface area contributed by atoms with Crippen molar-refractivity contribution >= 4 is 5.91 Å². The molecule has 0 unspecified atom stereocenters. The highest BCUT2D eigenvalue weighted by Crippen LogP contribution is 2.20. The summed E-state index contributed by atoms with van der Waals surface area (Å²) in [7, 11) is 1.83.